The fourth-order valence-electron chi connectivity index (χ4n) is 5.62. The fraction of sp³-hybridized carbons (Fsp3) is 0.333. The molecule has 3 aromatic carbocycles. The number of amides is 2. The molecule has 5 nitrogen and oxygen atoms in total. The first-order valence-electron chi connectivity index (χ1n) is 12.5. The Morgan fingerprint density at radius 1 is 0.886 bits per heavy atom. The Balaban J connectivity index is 1.31. The summed E-state index contributed by atoms with van der Waals surface area (Å²) >= 11 is 0. The molecule has 0 aromatic heterocycles. The molecule has 35 heavy (non-hydrogen) atoms. The summed E-state index contributed by atoms with van der Waals surface area (Å²) in [5.74, 6) is 0.0666. The Morgan fingerprint density at radius 2 is 1.51 bits per heavy atom. The van der Waals surface area contributed by atoms with E-state index in [4.69, 9.17) is 0 Å². The second-order valence-electron chi connectivity index (χ2n) is 9.74. The number of aliphatic hydroxyl groups excluding tert-OH is 1. The van der Waals surface area contributed by atoms with Gasteiger partial charge in [-0.05, 0) is 41.5 Å². The van der Waals surface area contributed by atoms with Crippen LogP contribution >= 0.6 is 0 Å². The molecule has 5 heteroatoms. The molecular weight excluding hydrogens is 436 g/mol. The standard InChI is InChI=1S/C30H32N2O3/c33-26-21-23-11-7-8-14-25(23)28(26)31-29(35)30(24-12-5-2-6-13-24)17-19-32(20-18-30)27(34)16-15-22-9-3-1-4-10-22/h1-14,26,28,33H,15-21H2,(H,31,35). The number of likely N-dealkylation sites (tertiary alicyclic amines) is 1. The lowest BCUT2D eigenvalue weighted by atomic mass is 9.71. The van der Waals surface area contributed by atoms with Crippen molar-refractivity contribution in [2.45, 2.75) is 49.7 Å². The molecule has 2 amide bonds. The van der Waals surface area contributed by atoms with Crippen molar-refractivity contribution in [3.05, 3.63) is 107 Å². The first-order valence-corrected chi connectivity index (χ1v) is 12.5. The summed E-state index contributed by atoms with van der Waals surface area (Å²) in [6.07, 6.45) is 2.22. The van der Waals surface area contributed by atoms with Crippen LogP contribution < -0.4 is 5.32 Å². The zero-order valence-electron chi connectivity index (χ0n) is 19.9. The Bertz CT molecular complexity index is 1170. The van der Waals surface area contributed by atoms with E-state index in [0.717, 1.165) is 28.7 Å². The van der Waals surface area contributed by atoms with Gasteiger partial charge in [0.2, 0.25) is 11.8 Å². The van der Waals surface area contributed by atoms with E-state index in [0.29, 0.717) is 38.8 Å². The minimum absolute atomic E-state index is 0.0687. The minimum Gasteiger partial charge on any atom is -0.390 e. The molecule has 0 saturated carbocycles. The summed E-state index contributed by atoms with van der Waals surface area (Å²) in [7, 11) is 0. The lowest BCUT2D eigenvalue weighted by molar-refractivity contribution is -0.137. The molecule has 2 unspecified atom stereocenters. The van der Waals surface area contributed by atoms with Gasteiger partial charge in [0.25, 0.3) is 0 Å². The average Bonchev–Trinajstić information content (AvgIpc) is 3.23. The highest BCUT2D eigenvalue weighted by molar-refractivity contribution is 5.89. The van der Waals surface area contributed by atoms with Gasteiger partial charge in [-0.25, -0.2) is 0 Å². The van der Waals surface area contributed by atoms with Crippen LogP contribution in [-0.2, 0) is 27.8 Å². The maximum atomic E-state index is 13.9. The average molecular weight is 469 g/mol. The SMILES string of the molecule is O=C(CCc1ccccc1)N1CCC(C(=O)NC2c3ccccc3CC2O)(c2ccccc2)CC1. The van der Waals surface area contributed by atoms with Gasteiger partial charge in [-0.2, -0.15) is 0 Å². The van der Waals surface area contributed by atoms with Gasteiger partial charge in [-0.1, -0.05) is 84.9 Å². The van der Waals surface area contributed by atoms with Gasteiger partial charge >= 0.3 is 0 Å². The number of hydrogen-bond donors (Lipinski definition) is 2. The van der Waals surface area contributed by atoms with Crippen LogP contribution in [0.4, 0.5) is 0 Å². The molecule has 1 saturated heterocycles. The fourth-order valence-corrected chi connectivity index (χ4v) is 5.62. The number of nitrogens with one attached hydrogen (secondary N) is 1. The summed E-state index contributed by atoms with van der Waals surface area (Å²) in [6.45, 7) is 1.08. The second kappa shape index (κ2) is 10.0. The number of benzene rings is 3. The van der Waals surface area contributed by atoms with E-state index in [1.165, 1.54) is 0 Å². The predicted molar refractivity (Wildman–Crippen MR) is 136 cm³/mol. The van der Waals surface area contributed by atoms with Crippen LogP contribution in [0.25, 0.3) is 0 Å². The highest BCUT2D eigenvalue weighted by atomic mass is 16.3. The summed E-state index contributed by atoms with van der Waals surface area (Å²) in [5.41, 5.74) is 3.47. The Hall–Kier alpha value is -3.44. The van der Waals surface area contributed by atoms with Crippen LogP contribution in [0, 0.1) is 0 Å². The third-order valence-electron chi connectivity index (χ3n) is 7.69. The smallest absolute Gasteiger partial charge is 0.231 e. The van der Waals surface area contributed by atoms with Gasteiger partial charge in [0.15, 0.2) is 0 Å². The van der Waals surface area contributed by atoms with E-state index in [2.05, 4.69) is 5.32 Å². The van der Waals surface area contributed by atoms with Gasteiger partial charge in [0.05, 0.1) is 17.6 Å². The maximum absolute atomic E-state index is 13.9. The van der Waals surface area contributed by atoms with E-state index in [9.17, 15) is 14.7 Å². The summed E-state index contributed by atoms with van der Waals surface area (Å²) < 4.78 is 0. The highest BCUT2D eigenvalue weighted by Crippen LogP contribution is 2.38. The molecule has 1 aliphatic heterocycles. The number of carbonyl (C=O) groups excluding carboxylic acids is 2. The molecular formula is C30H32N2O3. The molecule has 5 rings (SSSR count). The van der Waals surface area contributed by atoms with E-state index in [1.807, 2.05) is 89.8 Å². The molecule has 1 aliphatic carbocycles. The first kappa shape index (κ1) is 23.3. The number of aryl methyl sites for hydroxylation is 1. The third kappa shape index (κ3) is 4.73. The monoisotopic (exact) mass is 468 g/mol. The molecule has 0 bridgehead atoms. The summed E-state index contributed by atoms with van der Waals surface area (Å²) in [5, 5.41) is 13.9. The predicted octanol–water partition coefficient (Wildman–Crippen LogP) is 3.95. The largest absolute Gasteiger partial charge is 0.390 e. The van der Waals surface area contributed by atoms with Gasteiger partial charge in [0.1, 0.15) is 0 Å². The van der Waals surface area contributed by atoms with Crippen molar-refractivity contribution in [1.29, 1.82) is 0 Å². The number of hydrogen-bond acceptors (Lipinski definition) is 3. The Morgan fingerprint density at radius 3 is 2.23 bits per heavy atom. The minimum atomic E-state index is -0.727. The van der Waals surface area contributed by atoms with Crippen molar-refractivity contribution in [2.24, 2.45) is 0 Å². The van der Waals surface area contributed by atoms with E-state index in [1.54, 1.807) is 0 Å². The van der Waals surface area contributed by atoms with Crippen molar-refractivity contribution < 1.29 is 14.7 Å². The van der Waals surface area contributed by atoms with Crippen LogP contribution in [-0.4, -0.2) is 41.0 Å². The normalized spacial score (nSPS) is 20.8. The molecule has 1 heterocycles. The molecule has 0 radical (unpaired) electrons. The first-order chi connectivity index (χ1) is 17.1. The van der Waals surface area contributed by atoms with Gasteiger partial charge in [0, 0.05) is 25.9 Å². The number of carbonyl (C=O) groups is 2. The number of aliphatic hydroxyl groups is 1. The van der Waals surface area contributed by atoms with Crippen molar-refractivity contribution in [2.75, 3.05) is 13.1 Å². The number of nitrogens with zero attached hydrogens (tertiary/aromatic N) is 1. The van der Waals surface area contributed by atoms with Crippen molar-refractivity contribution in [3.8, 4) is 0 Å². The van der Waals surface area contributed by atoms with Crippen LogP contribution in [0.15, 0.2) is 84.9 Å². The molecule has 0 spiro atoms. The quantitative estimate of drug-likeness (QED) is 0.576. The molecule has 2 atom stereocenters. The van der Waals surface area contributed by atoms with E-state index >= 15 is 0 Å². The van der Waals surface area contributed by atoms with Gasteiger partial charge in [-0.15, -0.1) is 0 Å². The molecule has 2 aliphatic rings. The third-order valence-corrected chi connectivity index (χ3v) is 7.69. The lowest BCUT2D eigenvalue weighted by Crippen LogP contribution is -2.54. The second-order valence-corrected chi connectivity index (χ2v) is 9.74. The van der Waals surface area contributed by atoms with Crippen LogP contribution in [0.5, 0.6) is 0 Å². The number of fused-ring (bicyclic) bond motifs is 1. The topological polar surface area (TPSA) is 69.6 Å². The summed E-state index contributed by atoms with van der Waals surface area (Å²) in [4.78, 5) is 28.7. The number of piperidine rings is 1. The van der Waals surface area contributed by atoms with Crippen LogP contribution in [0.1, 0.15) is 47.6 Å². The molecule has 2 N–H and O–H groups in total. The van der Waals surface area contributed by atoms with Gasteiger partial charge in [-0.3, -0.25) is 9.59 Å². The van der Waals surface area contributed by atoms with Crippen LogP contribution in [0.2, 0.25) is 0 Å². The van der Waals surface area contributed by atoms with E-state index in [-0.39, 0.29) is 11.8 Å². The van der Waals surface area contributed by atoms with Gasteiger partial charge < -0.3 is 15.3 Å². The van der Waals surface area contributed by atoms with E-state index < -0.39 is 17.6 Å². The zero-order chi connectivity index (χ0) is 24.3. The molecule has 180 valence electrons. The lowest BCUT2D eigenvalue weighted by Gasteiger charge is -2.42. The maximum Gasteiger partial charge on any atom is 0.231 e. The van der Waals surface area contributed by atoms with Crippen LogP contribution in [0.3, 0.4) is 0 Å². The van der Waals surface area contributed by atoms with Crippen molar-refractivity contribution in [3.63, 3.8) is 0 Å². The zero-order valence-corrected chi connectivity index (χ0v) is 19.9. The summed E-state index contributed by atoms with van der Waals surface area (Å²) in [6, 6.07) is 27.4. The Labute approximate surface area is 206 Å². The molecule has 3 aromatic rings. The Kier molecular flexibility index (Phi) is 6.69. The highest BCUT2D eigenvalue weighted by Gasteiger charge is 2.45. The van der Waals surface area contributed by atoms with Crippen molar-refractivity contribution >= 4 is 11.8 Å². The number of rotatable bonds is 6. The molecule has 1 fully saturated rings. The van der Waals surface area contributed by atoms with Crippen molar-refractivity contribution in [1.82, 2.24) is 10.2 Å².